The molecule has 0 fully saturated rings. The highest BCUT2D eigenvalue weighted by molar-refractivity contribution is 6.33. The van der Waals surface area contributed by atoms with Crippen LogP contribution < -0.4 is 10.1 Å². The molecule has 0 radical (unpaired) electrons. The molecule has 2 aromatic rings. The Labute approximate surface area is 105 Å². The number of ether oxygens (including phenoxy) is 1. The number of methoxy groups -OCH3 is 1. The average molecular weight is 250 g/mol. The number of nitrogens with zero attached hydrogens (tertiary/aromatic N) is 2. The smallest absolute Gasteiger partial charge is 0.152 e. The number of aromatic nitrogens is 2. The van der Waals surface area contributed by atoms with Gasteiger partial charge in [-0.3, -0.25) is 4.98 Å². The van der Waals surface area contributed by atoms with E-state index in [1.807, 2.05) is 12.1 Å². The third-order valence-corrected chi connectivity index (χ3v) is 2.68. The SMILES string of the molecule is CNc1nccnc1-c1c(Cl)cccc1OC. The molecule has 0 aliphatic carbocycles. The number of anilines is 1. The van der Waals surface area contributed by atoms with Crippen LogP contribution in [-0.2, 0) is 0 Å². The molecule has 0 saturated heterocycles. The highest BCUT2D eigenvalue weighted by Gasteiger charge is 2.15. The summed E-state index contributed by atoms with van der Waals surface area (Å²) in [4.78, 5) is 8.50. The maximum atomic E-state index is 6.20. The highest BCUT2D eigenvalue weighted by atomic mass is 35.5. The Morgan fingerprint density at radius 1 is 1.24 bits per heavy atom. The molecule has 0 bridgehead atoms. The van der Waals surface area contributed by atoms with Gasteiger partial charge in [0, 0.05) is 19.4 Å². The summed E-state index contributed by atoms with van der Waals surface area (Å²) in [6.07, 6.45) is 3.25. The number of halogens is 1. The van der Waals surface area contributed by atoms with Crippen LogP contribution in [0.1, 0.15) is 0 Å². The Bertz CT molecular complexity index is 531. The quantitative estimate of drug-likeness (QED) is 0.909. The van der Waals surface area contributed by atoms with Crippen molar-refractivity contribution in [1.29, 1.82) is 0 Å². The first kappa shape index (κ1) is 11.7. The molecule has 0 spiro atoms. The van der Waals surface area contributed by atoms with Crippen LogP contribution in [0.4, 0.5) is 5.82 Å². The van der Waals surface area contributed by atoms with E-state index in [4.69, 9.17) is 16.3 Å². The normalized spacial score (nSPS) is 10.1. The topological polar surface area (TPSA) is 47.0 Å². The standard InChI is InChI=1S/C12H12ClN3O/c1-14-12-11(15-6-7-16-12)10-8(13)4-3-5-9(10)17-2/h3-7H,1-2H3,(H,14,16). The van der Waals surface area contributed by atoms with Gasteiger partial charge >= 0.3 is 0 Å². The van der Waals surface area contributed by atoms with Gasteiger partial charge in [-0.25, -0.2) is 4.98 Å². The van der Waals surface area contributed by atoms with Gasteiger partial charge in [-0.15, -0.1) is 0 Å². The van der Waals surface area contributed by atoms with Gasteiger partial charge in [0.15, 0.2) is 5.82 Å². The van der Waals surface area contributed by atoms with E-state index in [-0.39, 0.29) is 0 Å². The Hall–Kier alpha value is -1.81. The van der Waals surface area contributed by atoms with E-state index in [0.29, 0.717) is 22.3 Å². The van der Waals surface area contributed by atoms with E-state index >= 15 is 0 Å². The minimum absolute atomic E-state index is 0.585. The van der Waals surface area contributed by atoms with Crippen molar-refractivity contribution < 1.29 is 4.74 Å². The van der Waals surface area contributed by atoms with Gasteiger partial charge in [0.05, 0.1) is 17.7 Å². The van der Waals surface area contributed by atoms with Crippen LogP contribution in [0, 0.1) is 0 Å². The molecule has 88 valence electrons. The third-order valence-electron chi connectivity index (χ3n) is 2.37. The van der Waals surface area contributed by atoms with E-state index in [0.717, 1.165) is 5.56 Å². The number of hydrogen-bond acceptors (Lipinski definition) is 4. The third kappa shape index (κ3) is 2.17. The summed E-state index contributed by atoms with van der Waals surface area (Å²) in [6.45, 7) is 0. The van der Waals surface area contributed by atoms with Gasteiger partial charge in [0.1, 0.15) is 11.4 Å². The van der Waals surface area contributed by atoms with Gasteiger partial charge in [-0.1, -0.05) is 17.7 Å². The Morgan fingerprint density at radius 3 is 2.71 bits per heavy atom. The maximum absolute atomic E-state index is 6.20. The van der Waals surface area contributed by atoms with Gasteiger partial charge in [0.2, 0.25) is 0 Å². The van der Waals surface area contributed by atoms with Crippen molar-refractivity contribution in [2.45, 2.75) is 0 Å². The highest BCUT2D eigenvalue weighted by Crippen LogP contribution is 2.37. The second-order valence-corrected chi connectivity index (χ2v) is 3.73. The minimum atomic E-state index is 0.585. The molecule has 1 aromatic heterocycles. The fraction of sp³-hybridized carbons (Fsp3) is 0.167. The van der Waals surface area contributed by atoms with Crippen molar-refractivity contribution in [2.24, 2.45) is 0 Å². The Balaban J connectivity index is 2.67. The van der Waals surface area contributed by atoms with Crippen molar-refractivity contribution >= 4 is 17.4 Å². The molecule has 1 heterocycles. The lowest BCUT2D eigenvalue weighted by Crippen LogP contribution is -1.99. The summed E-state index contributed by atoms with van der Waals surface area (Å²) in [5, 5.41) is 3.57. The first-order valence-electron chi connectivity index (χ1n) is 5.09. The molecule has 1 N–H and O–H groups in total. The van der Waals surface area contributed by atoms with Crippen molar-refractivity contribution in [3.63, 3.8) is 0 Å². The second-order valence-electron chi connectivity index (χ2n) is 3.32. The number of nitrogens with one attached hydrogen (secondary N) is 1. The van der Waals surface area contributed by atoms with Crippen molar-refractivity contribution in [1.82, 2.24) is 9.97 Å². The van der Waals surface area contributed by atoms with Crippen LogP contribution in [0.3, 0.4) is 0 Å². The van der Waals surface area contributed by atoms with Gasteiger partial charge in [-0.05, 0) is 12.1 Å². The first-order chi connectivity index (χ1) is 8.27. The zero-order valence-corrected chi connectivity index (χ0v) is 10.3. The van der Waals surface area contributed by atoms with Crippen molar-refractivity contribution in [3.8, 4) is 17.0 Å². The zero-order chi connectivity index (χ0) is 12.3. The van der Waals surface area contributed by atoms with E-state index in [9.17, 15) is 0 Å². The lowest BCUT2D eigenvalue weighted by atomic mass is 10.1. The second kappa shape index (κ2) is 5.01. The van der Waals surface area contributed by atoms with Crippen LogP contribution in [0.25, 0.3) is 11.3 Å². The molecule has 0 amide bonds. The van der Waals surface area contributed by atoms with Crippen LogP contribution in [0.15, 0.2) is 30.6 Å². The van der Waals surface area contributed by atoms with Gasteiger partial charge in [-0.2, -0.15) is 0 Å². The summed E-state index contributed by atoms with van der Waals surface area (Å²) in [6, 6.07) is 5.48. The molecular formula is C12H12ClN3O. The Kier molecular flexibility index (Phi) is 3.44. The van der Waals surface area contributed by atoms with E-state index in [2.05, 4.69) is 15.3 Å². The monoisotopic (exact) mass is 249 g/mol. The maximum Gasteiger partial charge on any atom is 0.152 e. The lowest BCUT2D eigenvalue weighted by Gasteiger charge is -2.12. The number of hydrogen-bond donors (Lipinski definition) is 1. The van der Waals surface area contributed by atoms with E-state index < -0.39 is 0 Å². The molecule has 0 atom stereocenters. The first-order valence-corrected chi connectivity index (χ1v) is 5.47. The molecule has 5 heteroatoms. The van der Waals surface area contributed by atoms with Gasteiger partial charge < -0.3 is 10.1 Å². The molecule has 0 saturated carbocycles. The molecule has 0 aliphatic rings. The Morgan fingerprint density at radius 2 is 2.00 bits per heavy atom. The van der Waals surface area contributed by atoms with Crippen LogP contribution in [0.5, 0.6) is 5.75 Å². The van der Waals surface area contributed by atoms with Crippen LogP contribution in [-0.4, -0.2) is 24.1 Å². The van der Waals surface area contributed by atoms with Crippen molar-refractivity contribution in [3.05, 3.63) is 35.6 Å². The largest absolute Gasteiger partial charge is 0.496 e. The predicted octanol–water partition coefficient (Wildman–Crippen LogP) is 2.85. The molecular weight excluding hydrogens is 238 g/mol. The molecule has 1 aromatic carbocycles. The lowest BCUT2D eigenvalue weighted by molar-refractivity contribution is 0.416. The summed E-state index contributed by atoms with van der Waals surface area (Å²) in [7, 11) is 3.39. The van der Waals surface area contributed by atoms with Crippen LogP contribution >= 0.6 is 11.6 Å². The predicted molar refractivity (Wildman–Crippen MR) is 68.6 cm³/mol. The number of rotatable bonds is 3. The van der Waals surface area contributed by atoms with Gasteiger partial charge in [0.25, 0.3) is 0 Å². The summed E-state index contributed by atoms with van der Waals surface area (Å²) in [5.41, 5.74) is 1.42. The summed E-state index contributed by atoms with van der Waals surface area (Å²) in [5.74, 6) is 1.34. The fourth-order valence-electron chi connectivity index (χ4n) is 1.61. The van der Waals surface area contributed by atoms with E-state index in [1.54, 1.807) is 32.6 Å². The van der Waals surface area contributed by atoms with E-state index in [1.165, 1.54) is 0 Å². The minimum Gasteiger partial charge on any atom is -0.496 e. The zero-order valence-electron chi connectivity index (χ0n) is 9.57. The van der Waals surface area contributed by atoms with Crippen molar-refractivity contribution in [2.75, 3.05) is 19.5 Å². The molecule has 4 nitrogen and oxygen atoms in total. The molecule has 17 heavy (non-hydrogen) atoms. The molecule has 2 rings (SSSR count). The summed E-state index contributed by atoms with van der Waals surface area (Å²) < 4.78 is 5.30. The molecule has 0 unspecified atom stereocenters. The number of benzene rings is 1. The summed E-state index contributed by atoms with van der Waals surface area (Å²) >= 11 is 6.20. The van der Waals surface area contributed by atoms with Crippen LogP contribution in [0.2, 0.25) is 5.02 Å². The molecule has 0 aliphatic heterocycles. The fourth-order valence-corrected chi connectivity index (χ4v) is 1.86. The average Bonchev–Trinajstić information content (AvgIpc) is 2.38.